The molecule has 0 aromatic heterocycles. The van der Waals surface area contributed by atoms with Crippen LogP contribution in [0, 0.1) is 0 Å². The molecule has 0 saturated carbocycles. The summed E-state index contributed by atoms with van der Waals surface area (Å²) >= 11 is 0. The lowest BCUT2D eigenvalue weighted by molar-refractivity contribution is 0.144. The van der Waals surface area contributed by atoms with Gasteiger partial charge >= 0.3 is 7.60 Å². The molecule has 0 spiro atoms. The number of allylic oxidation sites excluding steroid dienone is 3. The maximum absolute atomic E-state index is 10.7. The van der Waals surface area contributed by atoms with Gasteiger partial charge in [0.05, 0.1) is 6.61 Å². The summed E-state index contributed by atoms with van der Waals surface area (Å²) in [7, 11) is -4.09. The van der Waals surface area contributed by atoms with E-state index in [0.29, 0.717) is 0 Å². The second-order valence-corrected chi connectivity index (χ2v) is 7.28. The number of hydrogen-bond donors (Lipinski definition) is 2. The van der Waals surface area contributed by atoms with Crippen LogP contribution in [-0.2, 0) is 15.9 Å². The fourth-order valence-corrected chi connectivity index (χ4v) is 2.27. The van der Waals surface area contributed by atoms with Gasteiger partial charge in [-0.15, -0.1) is 0 Å². The molecule has 0 heterocycles. The van der Waals surface area contributed by atoms with Crippen LogP contribution in [0.1, 0.15) is 44.7 Å². The van der Waals surface area contributed by atoms with E-state index >= 15 is 0 Å². The molecule has 1 rings (SSSR count). The first-order valence-electron chi connectivity index (χ1n) is 7.28. The summed E-state index contributed by atoms with van der Waals surface area (Å²) in [5.41, 5.74) is 4.68. The van der Waals surface area contributed by atoms with Gasteiger partial charge < -0.3 is 14.5 Å². The third-order valence-electron chi connectivity index (χ3n) is 3.01. The molecule has 0 aliphatic rings. The van der Waals surface area contributed by atoms with Gasteiger partial charge in [0.2, 0.25) is 0 Å². The van der Waals surface area contributed by atoms with Crippen LogP contribution in [-0.4, -0.2) is 16.1 Å². The molecule has 0 unspecified atom stereocenters. The monoisotopic (exact) mass is 324 g/mol. The van der Waals surface area contributed by atoms with Crippen LogP contribution in [0.3, 0.4) is 0 Å². The van der Waals surface area contributed by atoms with Crippen molar-refractivity contribution < 1.29 is 19.1 Å². The average Bonchev–Trinajstić information content (AvgIpc) is 2.39. The molecular formula is C17H25O4P. The van der Waals surface area contributed by atoms with Gasteiger partial charge in [0.25, 0.3) is 0 Å². The molecule has 0 aliphatic heterocycles. The van der Waals surface area contributed by atoms with Crippen molar-refractivity contribution in [3.05, 3.63) is 52.6 Å². The first-order valence-corrected chi connectivity index (χ1v) is 9.08. The summed E-state index contributed by atoms with van der Waals surface area (Å²) in [6.45, 7) is 6.53. The van der Waals surface area contributed by atoms with Crippen molar-refractivity contribution in [1.82, 2.24) is 0 Å². The van der Waals surface area contributed by atoms with Crippen LogP contribution >= 0.6 is 7.60 Å². The number of benzene rings is 1. The number of rotatable bonds is 8. The van der Waals surface area contributed by atoms with Crippen LogP contribution < -0.4 is 0 Å². The van der Waals surface area contributed by atoms with Crippen molar-refractivity contribution >= 4 is 13.7 Å². The molecule has 0 fully saturated rings. The number of ether oxygens (including phenoxy) is 1. The highest BCUT2D eigenvalue weighted by atomic mass is 31.2. The summed E-state index contributed by atoms with van der Waals surface area (Å²) in [6.07, 6.45) is 5.94. The lowest BCUT2D eigenvalue weighted by Crippen LogP contribution is -1.96. The predicted molar refractivity (Wildman–Crippen MR) is 90.5 cm³/mol. The quantitative estimate of drug-likeness (QED) is 0.546. The smallest absolute Gasteiger partial charge is 0.350 e. The minimum atomic E-state index is -4.09. The van der Waals surface area contributed by atoms with Crippen LogP contribution in [0.2, 0.25) is 0 Å². The van der Waals surface area contributed by atoms with Gasteiger partial charge in [-0.1, -0.05) is 47.6 Å². The molecule has 2 N–H and O–H groups in total. The summed E-state index contributed by atoms with van der Waals surface area (Å²) < 4.78 is 15.7. The van der Waals surface area contributed by atoms with E-state index in [-0.39, 0.29) is 6.61 Å². The average molecular weight is 324 g/mol. The Bertz CT molecular complexity index is 563. The van der Waals surface area contributed by atoms with Crippen molar-refractivity contribution in [1.29, 1.82) is 0 Å². The Labute approximate surface area is 132 Å². The largest absolute Gasteiger partial charge is 0.364 e. The van der Waals surface area contributed by atoms with E-state index in [4.69, 9.17) is 14.5 Å². The molecule has 0 amide bonds. The van der Waals surface area contributed by atoms with Gasteiger partial charge in [0, 0.05) is 0 Å². The molecule has 1 aromatic carbocycles. The van der Waals surface area contributed by atoms with E-state index in [1.54, 1.807) is 0 Å². The van der Waals surface area contributed by atoms with E-state index in [1.165, 1.54) is 11.1 Å². The van der Waals surface area contributed by atoms with E-state index in [2.05, 4.69) is 32.9 Å². The molecule has 4 nitrogen and oxygen atoms in total. The van der Waals surface area contributed by atoms with Crippen molar-refractivity contribution in [3.63, 3.8) is 0 Å². The lowest BCUT2D eigenvalue weighted by Gasteiger charge is -2.06. The van der Waals surface area contributed by atoms with Gasteiger partial charge in [-0.2, -0.15) is 0 Å². The third kappa shape index (κ3) is 8.96. The highest BCUT2D eigenvalue weighted by Gasteiger charge is 2.12. The molecular weight excluding hydrogens is 299 g/mol. The first-order chi connectivity index (χ1) is 10.3. The lowest BCUT2D eigenvalue weighted by atomic mass is 10.1. The molecule has 0 atom stereocenters. The van der Waals surface area contributed by atoms with E-state index in [9.17, 15) is 4.57 Å². The molecule has 22 heavy (non-hydrogen) atoms. The van der Waals surface area contributed by atoms with Crippen molar-refractivity contribution in [3.8, 4) is 0 Å². The molecule has 0 bridgehead atoms. The molecule has 0 radical (unpaired) electrons. The zero-order valence-electron chi connectivity index (χ0n) is 13.5. The number of hydrogen-bond acceptors (Lipinski definition) is 2. The first kappa shape index (κ1) is 18.9. The Balaban J connectivity index is 2.50. The topological polar surface area (TPSA) is 66.8 Å². The van der Waals surface area contributed by atoms with Crippen LogP contribution in [0.15, 0.2) is 41.5 Å². The zero-order valence-corrected chi connectivity index (χ0v) is 14.3. The molecule has 0 aliphatic carbocycles. The maximum atomic E-state index is 10.7. The summed E-state index contributed by atoms with van der Waals surface area (Å²) in [5, 5.41) is 0. The van der Waals surface area contributed by atoms with Gasteiger partial charge in [0.15, 0.2) is 0 Å². The highest BCUT2D eigenvalue weighted by molar-refractivity contribution is 7.51. The highest BCUT2D eigenvalue weighted by Crippen LogP contribution is 2.34. The molecule has 1 aromatic rings. The predicted octanol–water partition coefficient (Wildman–Crippen LogP) is 4.49. The Hall–Kier alpha value is -1.19. The normalized spacial score (nSPS) is 12.3. The third-order valence-corrected chi connectivity index (χ3v) is 3.53. The maximum Gasteiger partial charge on any atom is 0.350 e. The zero-order chi connectivity index (χ0) is 16.6. The SMILES string of the molecule is CC(C)=CCC/C(C)=C/c1ccc(COCP(=O)(O)O)cc1. The minimum absolute atomic E-state index is 0.203. The fourth-order valence-electron chi connectivity index (χ4n) is 1.94. The summed E-state index contributed by atoms with van der Waals surface area (Å²) in [4.78, 5) is 17.4. The molecule has 5 heteroatoms. The van der Waals surface area contributed by atoms with E-state index in [0.717, 1.165) is 24.0 Å². The van der Waals surface area contributed by atoms with Gasteiger partial charge in [-0.3, -0.25) is 4.57 Å². The van der Waals surface area contributed by atoms with E-state index in [1.807, 2.05) is 24.3 Å². The van der Waals surface area contributed by atoms with Crippen molar-refractivity contribution in [2.75, 3.05) is 6.35 Å². The summed E-state index contributed by atoms with van der Waals surface area (Å²) in [6, 6.07) is 7.80. The van der Waals surface area contributed by atoms with Crippen LogP contribution in [0.5, 0.6) is 0 Å². The Morgan fingerprint density at radius 1 is 1.18 bits per heavy atom. The molecule has 0 saturated heterocycles. The fraction of sp³-hybridized carbons (Fsp3) is 0.412. The van der Waals surface area contributed by atoms with Crippen LogP contribution in [0.25, 0.3) is 6.08 Å². The molecule has 122 valence electrons. The second kappa shape index (κ2) is 9.06. The van der Waals surface area contributed by atoms with Gasteiger partial charge in [-0.25, -0.2) is 0 Å². The van der Waals surface area contributed by atoms with Gasteiger partial charge in [0.1, 0.15) is 6.35 Å². The Morgan fingerprint density at radius 2 is 1.82 bits per heavy atom. The summed E-state index contributed by atoms with van der Waals surface area (Å²) in [5.74, 6) is 0. The van der Waals surface area contributed by atoms with Gasteiger partial charge in [-0.05, 0) is 44.7 Å². The Kier molecular flexibility index (Phi) is 7.77. The van der Waals surface area contributed by atoms with Crippen LogP contribution in [0.4, 0.5) is 0 Å². The van der Waals surface area contributed by atoms with E-state index < -0.39 is 13.9 Å². The Morgan fingerprint density at radius 3 is 2.36 bits per heavy atom. The minimum Gasteiger partial charge on any atom is -0.364 e. The van der Waals surface area contributed by atoms with Crippen molar-refractivity contribution in [2.45, 2.75) is 40.2 Å². The second-order valence-electron chi connectivity index (χ2n) is 5.69. The van der Waals surface area contributed by atoms with Crippen molar-refractivity contribution in [2.24, 2.45) is 0 Å². The standard InChI is InChI=1S/C17H25O4P/c1-14(2)5-4-6-15(3)11-16-7-9-17(10-8-16)12-21-13-22(18,19)20/h5,7-11H,4,6,12-13H2,1-3H3,(H2,18,19,20)/b15-11+.